The van der Waals surface area contributed by atoms with Crippen LogP contribution in [0, 0.1) is 0 Å². The van der Waals surface area contributed by atoms with Crippen LogP contribution in [0.4, 0.5) is 0 Å². The zero-order valence-electron chi connectivity index (χ0n) is 39.7. The molecule has 65 heavy (non-hydrogen) atoms. The predicted molar refractivity (Wildman–Crippen MR) is 277 cm³/mol. The van der Waals surface area contributed by atoms with E-state index in [4.69, 9.17) is 18.3 Å². The Hall–Kier alpha value is -5.31. The molecule has 0 atom stereocenters. The molecule has 0 amide bonds. The molecule has 0 fully saturated rings. The Morgan fingerprint density at radius 3 is 1.09 bits per heavy atom. The van der Waals surface area contributed by atoms with Crippen molar-refractivity contribution in [2.24, 2.45) is 9.98 Å². The van der Waals surface area contributed by atoms with Crippen LogP contribution in [0.15, 0.2) is 167 Å². The average molecular weight is 1060 g/mol. The number of aromatic nitrogens is 2. The van der Waals surface area contributed by atoms with E-state index in [0.717, 1.165) is 89.4 Å². The second-order valence-electron chi connectivity index (χ2n) is 21.4. The van der Waals surface area contributed by atoms with Crippen molar-refractivity contribution in [3.63, 3.8) is 0 Å². The number of allylic oxidation sites excluding steroid dienone is 4. The van der Waals surface area contributed by atoms with Gasteiger partial charge in [-0.25, -0.2) is 0 Å². The third-order valence-corrected chi connectivity index (χ3v) is 24.6. The number of halogens is 1. The summed E-state index contributed by atoms with van der Waals surface area (Å²) in [6, 6.07) is 45.7. The van der Waals surface area contributed by atoms with Crippen LogP contribution >= 0.6 is 8.32 Å². The van der Waals surface area contributed by atoms with E-state index in [-0.39, 0.29) is 16.2 Å². The van der Waals surface area contributed by atoms with Gasteiger partial charge in [0.05, 0.1) is 0 Å². The summed E-state index contributed by atoms with van der Waals surface area (Å²) in [5, 5.41) is 2.16. The molecule has 0 aliphatic carbocycles. The minimum absolute atomic E-state index is 0.0133. The SMILES string of the molecule is CC(C)c1ccc(C2=c3ccc4[n]3[Tl]([Cl])[n]3c(ccc3C(c3ccc(C(C)(C)C)cc3)=C3C=CC(=N3)C=4c3ccc(C(C)(C)C)cc3)C(c3ccc(C(C)(C)C)cc3)=C3C=CC2=N3)cc1. The number of fused-ring (bicyclic) bond motifs is 2. The van der Waals surface area contributed by atoms with Crippen LogP contribution in [0.3, 0.4) is 0 Å². The van der Waals surface area contributed by atoms with Crippen molar-refractivity contribution >= 4 is 64.1 Å². The standard InChI is InChI=1S/C59H58N4.ClH.Tl/c1-36(2)37-12-14-38(15-13-37)53-45-28-30-47(60-45)54(39-16-22-42(23-17-39)57(3,4)5)49-32-34-51(62-49)56(41-20-26-44(27-21-41)59(9,10)11)52-35-33-50(63-52)55(48-31-29-46(53)61-48)40-18-24-43(25-19-40)58(6,7)8;;/h12-36H,1-11H3;1H;/q-2;;+3/p-1. The first-order valence-electron chi connectivity index (χ1n) is 23.1. The third-order valence-electron chi connectivity index (χ3n) is 13.6. The number of rotatable bonds is 5. The molecule has 6 heteroatoms. The van der Waals surface area contributed by atoms with Gasteiger partial charge in [0.15, 0.2) is 0 Å². The molecule has 0 radical (unpaired) electrons. The Balaban J connectivity index is 1.37. The molecule has 4 aliphatic heterocycles. The Morgan fingerprint density at radius 1 is 0.415 bits per heavy atom. The van der Waals surface area contributed by atoms with E-state index in [1.54, 1.807) is 0 Å². The summed E-state index contributed by atoms with van der Waals surface area (Å²) >= 11 is -4.08. The third kappa shape index (κ3) is 7.68. The topological polar surface area (TPSA) is 34.6 Å². The van der Waals surface area contributed by atoms with E-state index < -0.39 is 22.1 Å². The molecule has 4 nitrogen and oxygen atoms in total. The van der Waals surface area contributed by atoms with Crippen LogP contribution in [-0.2, 0) is 16.2 Å². The Bertz CT molecular complexity index is 3210. The monoisotopic (exact) mass is 1060 g/mol. The van der Waals surface area contributed by atoms with Crippen molar-refractivity contribution < 1.29 is 0 Å². The first-order valence-corrected chi connectivity index (χ1v) is 32.7. The van der Waals surface area contributed by atoms with Crippen LogP contribution in [0.1, 0.15) is 138 Å². The average Bonchev–Trinajstić information content (AvgIpc) is 4.10. The van der Waals surface area contributed by atoms with Crippen molar-refractivity contribution in [1.29, 1.82) is 0 Å². The molecule has 0 spiro atoms. The Kier molecular flexibility index (Phi) is 10.7. The van der Waals surface area contributed by atoms with Crippen LogP contribution in [0.5, 0.6) is 0 Å². The molecule has 6 aromatic rings. The van der Waals surface area contributed by atoms with Gasteiger partial charge in [-0.3, -0.25) is 0 Å². The van der Waals surface area contributed by atoms with E-state index >= 15 is 0 Å². The van der Waals surface area contributed by atoms with Gasteiger partial charge in [0.2, 0.25) is 0 Å². The zero-order valence-corrected chi connectivity index (χ0v) is 44.9. The fourth-order valence-electron chi connectivity index (χ4n) is 9.72. The number of hydrogen-bond acceptors (Lipinski definition) is 2. The molecule has 0 N–H and O–H groups in total. The minimum atomic E-state index is -4.08. The van der Waals surface area contributed by atoms with E-state index in [0.29, 0.717) is 5.92 Å². The fraction of sp³-hybridized carbons (Fsp3) is 0.254. The fourth-order valence-corrected chi connectivity index (χ4v) is 21.2. The molecular formula is C59H58ClN4Tl. The van der Waals surface area contributed by atoms with Gasteiger partial charge < -0.3 is 0 Å². The molecule has 6 bridgehead atoms. The van der Waals surface area contributed by atoms with Gasteiger partial charge in [0.25, 0.3) is 0 Å². The van der Waals surface area contributed by atoms with Gasteiger partial charge in [0, 0.05) is 0 Å². The quantitative estimate of drug-likeness (QED) is 0.154. The first kappa shape index (κ1) is 43.6. The molecular weight excluding hydrogens is 1000 g/mol. The summed E-state index contributed by atoms with van der Waals surface area (Å²) in [6.07, 6.45) is 8.87. The Morgan fingerprint density at radius 2 is 0.754 bits per heavy atom. The molecule has 2 aromatic heterocycles. The van der Waals surface area contributed by atoms with Crippen molar-refractivity contribution in [2.75, 3.05) is 0 Å². The molecule has 4 aliphatic rings. The van der Waals surface area contributed by atoms with Crippen molar-refractivity contribution in [3.8, 4) is 0 Å². The maximum atomic E-state index is 8.63. The summed E-state index contributed by atoms with van der Waals surface area (Å²) in [4.78, 5) is 11.3. The van der Waals surface area contributed by atoms with E-state index in [2.05, 4.69) is 227 Å². The molecule has 4 aromatic carbocycles. The molecule has 10 rings (SSSR count). The maximum absolute atomic E-state index is 8.63. The molecule has 0 saturated heterocycles. The first-order chi connectivity index (χ1) is 30.9. The van der Waals surface area contributed by atoms with Crippen LogP contribution in [-0.4, -0.2) is 38.3 Å². The van der Waals surface area contributed by atoms with Crippen LogP contribution in [0.2, 0.25) is 0 Å². The second kappa shape index (κ2) is 15.9. The van der Waals surface area contributed by atoms with Gasteiger partial charge in [-0.1, -0.05) is 0 Å². The molecule has 324 valence electrons. The van der Waals surface area contributed by atoms with Crippen LogP contribution < -0.4 is 10.7 Å². The van der Waals surface area contributed by atoms with Gasteiger partial charge in [0.1, 0.15) is 0 Å². The van der Waals surface area contributed by atoms with Crippen molar-refractivity contribution in [1.82, 2.24) is 4.75 Å². The number of aliphatic imine (C=N–C) groups is 2. The van der Waals surface area contributed by atoms with Crippen molar-refractivity contribution in [2.45, 2.75) is 98.3 Å². The number of hydrogen-bond donors (Lipinski definition) is 0. The zero-order chi connectivity index (χ0) is 45.7. The summed E-state index contributed by atoms with van der Waals surface area (Å²) < 4.78 is 5.13. The normalized spacial score (nSPS) is 16.0. The van der Waals surface area contributed by atoms with Gasteiger partial charge in [-0.15, -0.1) is 0 Å². The van der Waals surface area contributed by atoms with Gasteiger partial charge in [-0.2, -0.15) is 0 Å². The van der Waals surface area contributed by atoms with E-state index in [1.807, 2.05) is 0 Å². The van der Waals surface area contributed by atoms with Gasteiger partial charge >= 0.3 is 401 Å². The predicted octanol–water partition coefficient (Wildman–Crippen LogP) is 12.9. The summed E-state index contributed by atoms with van der Waals surface area (Å²) in [6.45, 7) is 25.0. The molecule has 6 heterocycles. The van der Waals surface area contributed by atoms with Crippen LogP contribution in [0.25, 0.3) is 22.3 Å². The summed E-state index contributed by atoms with van der Waals surface area (Å²) in [5.41, 5.74) is 19.9. The summed E-state index contributed by atoms with van der Waals surface area (Å²) in [5.74, 6) is 0.415. The second-order valence-corrected chi connectivity index (χ2v) is 31.3. The summed E-state index contributed by atoms with van der Waals surface area (Å²) in [7, 11) is 8.63. The molecule has 0 unspecified atom stereocenters. The van der Waals surface area contributed by atoms with E-state index in [9.17, 15) is 0 Å². The Labute approximate surface area is 398 Å². The van der Waals surface area contributed by atoms with E-state index in [1.165, 1.54) is 22.3 Å². The number of benzene rings is 4. The van der Waals surface area contributed by atoms with Crippen molar-refractivity contribution in [3.05, 3.63) is 224 Å². The number of nitrogens with zero attached hydrogens (tertiary/aromatic N) is 4. The molecule has 0 saturated carbocycles. The van der Waals surface area contributed by atoms with Gasteiger partial charge in [-0.05, 0) is 0 Å².